The molecular formula is C17H17N3O. The highest BCUT2D eigenvalue weighted by molar-refractivity contribution is 5.93. The number of aryl methyl sites for hydroxylation is 1. The lowest BCUT2D eigenvalue weighted by molar-refractivity contribution is 0.0963. The van der Waals surface area contributed by atoms with Crippen LogP contribution in [0.1, 0.15) is 27.2 Å². The van der Waals surface area contributed by atoms with E-state index in [1.807, 2.05) is 37.4 Å². The summed E-state index contributed by atoms with van der Waals surface area (Å²) in [7, 11) is 1.63. The molecule has 0 atom stereocenters. The van der Waals surface area contributed by atoms with Crippen molar-refractivity contribution in [2.24, 2.45) is 0 Å². The van der Waals surface area contributed by atoms with Gasteiger partial charge < -0.3 is 10.3 Å². The topological polar surface area (TPSA) is 57.8 Å². The molecular weight excluding hydrogens is 262 g/mol. The first-order valence-corrected chi connectivity index (χ1v) is 6.91. The van der Waals surface area contributed by atoms with Crippen LogP contribution < -0.4 is 5.32 Å². The molecule has 0 aliphatic heterocycles. The molecule has 2 heterocycles. The summed E-state index contributed by atoms with van der Waals surface area (Å²) in [6.07, 6.45) is 2.70. The van der Waals surface area contributed by atoms with E-state index < -0.39 is 0 Å². The zero-order chi connectivity index (χ0) is 14.8. The Bertz CT molecular complexity index is 787. The Morgan fingerprint density at radius 3 is 2.67 bits per heavy atom. The van der Waals surface area contributed by atoms with Crippen molar-refractivity contribution in [3.63, 3.8) is 0 Å². The number of pyridine rings is 1. The minimum atomic E-state index is -0.0626. The van der Waals surface area contributed by atoms with Crippen molar-refractivity contribution >= 4 is 16.9 Å². The van der Waals surface area contributed by atoms with Crippen LogP contribution in [0.4, 0.5) is 0 Å². The highest BCUT2D eigenvalue weighted by Gasteiger charge is 2.04. The van der Waals surface area contributed by atoms with Crippen LogP contribution in [-0.2, 0) is 6.42 Å². The van der Waals surface area contributed by atoms with Gasteiger partial charge in [-0.25, -0.2) is 4.98 Å². The molecule has 1 aromatic carbocycles. The number of amides is 1. The molecule has 0 saturated heterocycles. The molecule has 3 aromatic rings. The number of H-pyrrole nitrogens is 1. The predicted molar refractivity (Wildman–Crippen MR) is 83.5 cm³/mol. The van der Waals surface area contributed by atoms with Crippen LogP contribution in [0.3, 0.4) is 0 Å². The maximum atomic E-state index is 11.5. The third-order valence-electron chi connectivity index (χ3n) is 3.51. The van der Waals surface area contributed by atoms with Gasteiger partial charge in [0.05, 0.1) is 0 Å². The molecule has 2 aromatic heterocycles. The molecule has 4 heteroatoms. The van der Waals surface area contributed by atoms with Gasteiger partial charge in [-0.3, -0.25) is 4.79 Å². The van der Waals surface area contributed by atoms with E-state index in [2.05, 4.69) is 27.4 Å². The molecule has 106 valence electrons. The van der Waals surface area contributed by atoms with Gasteiger partial charge in [-0.2, -0.15) is 0 Å². The molecule has 0 bridgehead atoms. The van der Waals surface area contributed by atoms with Crippen molar-refractivity contribution in [3.05, 3.63) is 65.0 Å². The summed E-state index contributed by atoms with van der Waals surface area (Å²) in [5, 5.41) is 3.75. The van der Waals surface area contributed by atoms with Crippen molar-refractivity contribution in [2.75, 3.05) is 7.05 Å². The van der Waals surface area contributed by atoms with E-state index in [0.717, 1.165) is 34.3 Å². The minimum Gasteiger partial charge on any atom is -0.355 e. The Hall–Kier alpha value is -2.62. The van der Waals surface area contributed by atoms with Crippen LogP contribution in [-0.4, -0.2) is 22.9 Å². The van der Waals surface area contributed by atoms with E-state index >= 15 is 0 Å². The van der Waals surface area contributed by atoms with Crippen LogP contribution in [0.5, 0.6) is 0 Å². The maximum Gasteiger partial charge on any atom is 0.251 e. The van der Waals surface area contributed by atoms with Gasteiger partial charge in [0.2, 0.25) is 0 Å². The number of benzene rings is 1. The quantitative estimate of drug-likeness (QED) is 0.774. The number of rotatable bonds is 3. The smallest absolute Gasteiger partial charge is 0.251 e. The van der Waals surface area contributed by atoms with E-state index in [4.69, 9.17) is 0 Å². The van der Waals surface area contributed by atoms with E-state index in [-0.39, 0.29) is 5.91 Å². The Kier molecular flexibility index (Phi) is 3.44. The Morgan fingerprint density at radius 2 is 1.95 bits per heavy atom. The largest absolute Gasteiger partial charge is 0.355 e. The lowest BCUT2D eigenvalue weighted by Gasteiger charge is -2.04. The third kappa shape index (κ3) is 2.79. The highest BCUT2D eigenvalue weighted by atomic mass is 16.1. The summed E-state index contributed by atoms with van der Waals surface area (Å²) in [5.41, 5.74) is 5.04. The van der Waals surface area contributed by atoms with Gasteiger partial charge in [-0.1, -0.05) is 12.1 Å². The summed E-state index contributed by atoms with van der Waals surface area (Å²) in [6, 6.07) is 11.9. The normalized spacial score (nSPS) is 10.8. The molecule has 0 saturated carbocycles. The number of carbonyl (C=O) groups is 1. The molecule has 0 unspecified atom stereocenters. The highest BCUT2D eigenvalue weighted by Crippen LogP contribution is 2.17. The maximum absolute atomic E-state index is 11.5. The number of aromatic amines is 1. The van der Waals surface area contributed by atoms with Gasteiger partial charge >= 0.3 is 0 Å². The van der Waals surface area contributed by atoms with Crippen LogP contribution >= 0.6 is 0 Å². The fourth-order valence-corrected chi connectivity index (χ4v) is 2.45. The molecule has 2 N–H and O–H groups in total. The summed E-state index contributed by atoms with van der Waals surface area (Å²) in [5.74, 6) is -0.0626. The van der Waals surface area contributed by atoms with Crippen molar-refractivity contribution in [1.82, 2.24) is 15.3 Å². The first kappa shape index (κ1) is 13.4. The Balaban J connectivity index is 1.82. The van der Waals surface area contributed by atoms with Crippen LogP contribution in [0.25, 0.3) is 11.0 Å². The summed E-state index contributed by atoms with van der Waals surface area (Å²) in [6.45, 7) is 2.03. The van der Waals surface area contributed by atoms with Gasteiger partial charge in [-0.05, 0) is 48.7 Å². The lowest BCUT2D eigenvalue weighted by Crippen LogP contribution is -2.17. The standard InChI is InChI=1S/C17H17N3O/c1-11-7-15-9-13(10-19-16(15)20-11)8-12-3-5-14(6-4-12)17(21)18-2/h3-7,9-10H,8H2,1-2H3,(H,18,21)(H,19,20). The van der Waals surface area contributed by atoms with Crippen molar-refractivity contribution in [3.8, 4) is 0 Å². The van der Waals surface area contributed by atoms with Crippen LogP contribution in [0.2, 0.25) is 0 Å². The number of hydrogen-bond donors (Lipinski definition) is 2. The SMILES string of the molecule is CNC(=O)c1ccc(Cc2cnc3[nH]c(C)cc3c2)cc1. The molecule has 1 amide bonds. The van der Waals surface area contributed by atoms with Crippen molar-refractivity contribution < 1.29 is 4.79 Å². The molecule has 3 rings (SSSR count). The average molecular weight is 279 g/mol. The van der Waals surface area contributed by atoms with E-state index in [0.29, 0.717) is 5.56 Å². The predicted octanol–water partition coefficient (Wildman–Crippen LogP) is 2.82. The van der Waals surface area contributed by atoms with Gasteiger partial charge in [0.25, 0.3) is 5.91 Å². The summed E-state index contributed by atoms with van der Waals surface area (Å²) in [4.78, 5) is 19.2. The summed E-state index contributed by atoms with van der Waals surface area (Å²) >= 11 is 0. The first-order valence-electron chi connectivity index (χ1n) is 6.91. The number of aromatic nitrogens is 2. The van der Waals surface area contributed by atoms with Gasteiger partial charge in [0.15, 0.2) is 0 Å². The number of nitrogens with zero attached hydrogens (tertiary/aromatic N) is 1. The van der Waals surface area contributed by atoms with Gasteiger partial charge in [-0.15, -0.1) is 0 Å². The molecule has 0 radical (unpaired) electrons. The van der Waals surface area contributed by atoms with Gasteiger partial charge in [0.1, 0.15) is 5.65 Å². The van der Waals surface area contributed by atoms with Crippen molar-refractivity contribution in [1.29, 1.82) is 0 Å². The first-order chi connectivity index (χ1) is 10.2. The second kappa shape index (κ2) is 5.40. The minimum absolute atomic E-state index is 0.0626. The molecule has 0 aliphatic carbocycles. The fourth-order valence-electron chi connectivity index (χ4n) is 2.45. The molecule has 21 heavy (non-hydrogen) atoms. The third-order valence-corrected chi connectivity index (χ3v) is 3.51. The molecule has 4 nitrogen and oxygen atoms in total. The average Bonchev–Trinajstić information content (AvgIpc) is 2.86. The van der Waals surface area contributed by atoms with Crippen LogP contribution in [0, 0.1) is 6.92 Å². The molecule has 0 spiro atoms. The number of fused-ring (bicyclic) bond motifs is 1. The van der Waals surface area contributed by atoms with E-state index in [1.165, 1.54) is 0 Å². The van der Waals surface area contributed by atoms with E-state index in [1.54, 1.807) is 7.05 Å². The van der Waals surface area contributed by atoms with Gasteiger partial charge in [0, 0.05) is 29.9 Å². The lowest BCUT2D eigenvalue weighted by atomic mass is 10.0. The number of carbonyl (C=O) groups excluding carboxylic acids is 1. The second-order valence-corrected chi connectivity index (χ2v) is 5.19. The van der Waals surface area contributed by atoms with Crippen molar-refractivity contribution in [2.45, 2.75) is 13.3 Å². The zero-order valence-corrected chi connectivity index (χ0v) is 12.1. The number of hydrogen-bond acceptors (Lipinski definition) is 2. The zero-order valence-electron chi connectivity index (χ0n) is 12.1. The molecule has 0 aliphatic rings. The second-order valence-electron chi connectivity index (χ2n) is 5.19. The summed E-state index contributed by atoms with van der Waals surface area (Å²) < 4.78 is 0. The molecule has 0 fully saturated rings. The monoisotopic (exact) mass is 279 g/mol. The van der Waals surface area contributed by atoms with E-state index in [9.17, 15) is 4.79 Å². The Labute approximate surface area is 123 Å². The number of nitrogens with one attached hydrogen (secondary N) is 2. The fraction of sp³-hybridized carbons (Fsp3) is 0.176. The Morgan fingerprint density at radius 1 is 1.19 bits per heavy atom. The van der Waals surface area contributed by atoms with Crippen LogP contribution in [0.15, 0.2) is 42.6 Å².